The van der Waals surface area contributed by atoms with Crippen LogP contribution in [0.15, 0.2) is 29.1 Å². The van der Waals surface area contributed by atoms with Crippen LogP contribution >= 0.6 is 11.3 Å². The van der Waals surface area contributed by atoms with Gasteiger partial charge < -0.3 is 15.7 Å². The van der Waals surface area contributed by atoms with Crippen LogP contribution in [-0.2, 0) is 20.6 Å². The van der Waals surface area contributed by atoms with Crippen molar-refractivity contribution in [3.8, 4) is 0 Å². The molecule has 3 aromatic rings. The maximum Gasteiger partial charge on any atom is 0.237 e. The van der Waals surface area contributed by atoms with E-state index >= 15 is 0 Å². The highest BCUT2D eigenvalue weighted by molar-refractivity contribution is 7.20. The van der Waals surface area contributed by atoms with Crippen LogP contribution in [0.2, 0.25) is 0 Å². The number of aryl methyl sites for hydroxylation is 2. The summed E-state index contributed by atoms with van der Waals surface area (Å²) in [5, 5.41) is 17.6. The van der Waals surface area contributed by atoms with E-state index in [9.17, 15) is 9.59 Å². The van der Waals surface area contributed by atoms with Gasteiger partial charge in [0.15, 0.2) is 16.9 Å². The van der Waals surface area contributed by atoms with Gasteiger partial charge >= 0.3 is 0 Å². The summed E-state index contributed by atoms with van der Waals surface area (Å²) in [6.07, 6.45) is 6.32. The van der Waals surface area contributed by atoms with Crippen LogP contribution < -0.4 is 5.73 Å². The summed E-state index contributed by atoms with van der Waals surface area (Å²) in [6.45, 7) is 0.501. The predicted molar refractivity (Wildman–Crippen MR) is 112 cm³/mol. The largest absolute Gasteiger partial charge is 0.395 e. The second kappa shape index (κ2) is 8.19. The highest BCUT2D eigenvalue weighted by atomic mass is 32.1. The molecule has 0 saturated heterocycles. The van der Waals surface area contributed by atoms with E-state index in [2.05, 4.69) is 15.2 Å². The second-order valence-electron chi connectivity index (χ2n) is 6.31. The van der Waals surface area contributed by atoms with Crippen molar-refractivity contribution in [1.82, 2.24) is 24.3 Å². The molecule has 0 bridgehead atoms. The van der Waals surface area contributed by atoms with Gasteiger partial charge in [0.25, 0.3) is 0 Å². The Labute approximate surface area is 170 Å². The zero-order chi connectivity index (χ0) is 21.1. The number of rotatable bonds is 8. The van der Waals surface area contributed by atoms with E-state index in [-0.39, 0.29) is 10.7 Å². The highest BCUT2D eigenvalue weighted by Gasteiger charge is 2.22. The molecule has 0 aromatic carbocycles. The first kappa shape index (κ1) is 20.1. The molecule has 29 heavy (non-hydrogen) atoms. The predicted octanol–water partition coefficient (Wildman–Crippen LogP) is 1.32. The number of aromatic nitrogens is 4. The van der Waals surface area contributed by atoms with Crippen LogP contribution in [-0.4, -0.2) is 55.9 Å². The Balaban J connectivity index is 1.95. The van der Waals surface area contributed by atoms with E-state index < -0.39 is 5.78 Å². The molecule has 0 amide bonds. The lowest BCUT2D eigenvalue weighted by atomic mass is 10.3. The number of fused-ring (bicyclic) bond motifs is 1. The normalized spacial score (nSPS) is 12.0. The summed E-state index contributed by atoms with van der Waals surface area (Å²) < 4.78 is 3.99. The third-order valence-electron chi connectivity index (χ3n) is 4.18. The van der Waals surface area contributed by atoms with Gasteiger partial charge in [0.1, 0.15) is 0 Å². The average molecular weight is 412 g/mol. The fourth-order valence-electron chi connectivity index (χ4n) is 2.76. The quantitative estimate of drug-likeness (QED) is 0.188. The maximum atomic E-state index is 12.4. The Bertz CT molecular complexity index is 1150. The number of ketones is 1. The van der Waals surface area contributed by atoms with Crippen molar-refractivity contribution < 1.29 is 9.59 Å². The molecular weight excluding hydrogens is 392 g/mol. The van der Waals surface area contributed by atoms with Gasteiger partial charge in [-0.3, -0.25) is 19.3 Å². The number of Topliss-reactive ketones (excluding diaryl/α,β-unsaturated/α-hetero) is 1. The number of nitrogens with two attached hydrogens (primary N) is 1. The molecule has 0 unspecified atom stereocenters. The van der Waals surface area contributed by atoms with Gasteiger partial charge in [-0.05, 0) is 12.1 Å². The van der Waals surface area contributed by atoms with Gasteiger partial charge in [0.2, 0.25) is 5.78 Å². The van der Waals surface area contributed by atoms with Crippen LogP contribution in [0, 0.1) is 5.41 Å². The number of aldehydes is 1. The summed E-state index contributed by atoms with van der Waals surface area (Å²) >= 11 is 1.13. The minimum atomic E-state index is -0.461. The Morgan fingerprint density at radius 2 is 2.21 bits per heavy atom. The number of nitrogens with one attached hydrogen (secondary N) is 1. The third-order valence-corrected chi connectivity index (χ3v) is 5.26. The number of hydrogen-bond acceptors (Lipinski definition) is 9. The summed E-state index contributed by atoms with van der Waals surface area (Å²) in [5.74, 6) is -0.461. The van der Waals surface area contributed by atoms with E-state index in [4.69, 9.17) is 11.1 Å². The van der Waals surface area contributed by atoms with E-state index in [1.807, 2.05) is 19.3 Å². The molecule has 0 saturated carbocycles. The monoisotopic (exact) mass is 412 g/mol. The highest BCUT2D eigenvalue weighted by Crippen LogP contribution is 2.30. The molecule has 10 nitrogen and oxygen atoms in total. The molecule has 3 rings (SSSR count). The van der Waals surface area contributed by atoms with Crippen LogP contribution in [0.3, 0.4) is 0 Å². The minimum Gasteiger partial charge on any atom is -0.395 e. The number of hydrogen-bond donors (Lipinski definition) is 2. The molecule has 3 heterocycles. The summed E-state index contributed by atoms with van der Waals surface area (Å²) in [7, 11) is 5.35. The lowest BCUT2D eigenvalue weighted by Gasteiger charge is -2.10. The van der Waals surface area contributed by atoms with Gasteiger partial charge in [-0.1, -0.05) is 0 Å². The molecule has 0 aliphatic carbocycles. The Hall–Kier alpha value is -3.60. The molecule has 0 fully saturated rings. The molecule has 0 radical (unpaired) electrons. The van der Waals surface area contributed by atoms with Gasteiger partial charge in [0.05, 0.1) is 34.5 Å². The van der Waals surface area contributed by atoms with Crippen molar-refractivity contribution in [3.05, 3.63) is 46.0 Å². The lowest BCUT2D eigenvalue weighted by Crippen LogP contribution is -2.12. The summed E-state index contributed by atoms with van der Waals surface area (Å²) in [6, 6.07) is 1.90. The first-order chi connectivity index (χ1) is 13.8. The fraction of sp³-hybridized carbons (Fsp3) is 0.222. The Morgan fingerprint density at radius 1 is 1.45 bits per heavy atom. The van der Waals surface area contributed by atoms with Crippen LogP contribution in [0.5, 0.6) is 0 Å². The molecular formula is C18H20N8O2S. The van der Waals surface area contributed by atoms with Gasteiger partial charge in [0, 0.05) is 39.1 Å². The van der Waals surface area contributed by atoms with Gasteiger partial charge in [-0.2, -0.15) is 10.2 Å². The standard InChI is InChI=1S/C18H20N8O2S/c1-24-7-5-11(23-24)9-25(2)21-8-12-14(10-27)26(3)17-16(12)29-18(22-17)15(28)13(20)4-6-19/h4-8,10,19H,9,20H2,1-3H3/b13-4?,19-6?,21-8-. The topological polar surface area (TPSA) is 135 Å². The second-order valence-corrected chi connectivity index (χ2v) is 7.31. The minimum absolute atomic E-state index is 0.0695. The average Bonchev–Trinajstić information content (AvgIpc) is 3.35. The molecule has 0 aliphatic rings. The van der Waals surface area contributed by atoms with Crippen LogP contribution in [0.4, 0.5) is 0 Å². The fourth-order valence-corrected chi connectivity index (χ4v) is 3.84. The van der Waals surface area contributed by atoms with Crippen molar-refractivity contribution in [2.75, 3.05) is 7.05 Å². The lowest BCUT2D eigenvalue weighted by molar-refractivity contribution is 0.103. The number of nitrogens with zero attached hydrogens (tertiary/aromatic N) is 6. The smallest absolute Gasteiger partial charge is 0.237 e. The first-order valence-corrected chi connectivity index (χ1v) is 9.36. The molecule has 11 heteroatoms. The maximum absolute atomic E-state index is 12.4. The number of hydrazone groups is 1. The summed E-state index contributed by atoms with van der Waals surface area (Å²) in [5.41, 5.74) is 7.96. The molecule has 0 aliphatic heterocycles. The first-order valence-electron chi connectivity index (χ1n) is 8.54. The number of allylic oxidation sites excluding steroid dienone is 2. The van der Waals surface area contributed by atoms with Crippen LogP contribution in [0.25, 0.3) is 10.3 Å². The SMILES string of the molecule is CN(Cc1ccn(C)n1)/N=C\c1c(C=O)n(C)c2nc(C(=O)C(N)=CC=N)sc12. The van der Waals surface area contributed by atoms with E-state index in [1.165, 1.54) is 6.08 Å². The van der Waals surface area contributed by atoms with Crippen molar-refractivity contribution >= 4 is 46.2 Å². The molecule has 0 spiro atoms. The number of carbonyl (C=O) groups excluding carboxylic acids is 2. The van der Waals surface area contributed by atoms with Crippen molar-refractivity contribution in [2.45, 2.75) is 6.54 Å². The zero-order valence-electron chi connectivity index (χ0n) is 16.2. The van der Waals surface area contributed by atoms with Gasteiger partial charge in [-0.15, -0.1) is 11.3 Å². The van der Waals surface area contributed by atoms with Crippen LogP contribution in [0.1, 0.15) is 31.5 Å². The molecule has 150 valence electrons. The van der Waals surface area contributed by atoms with Gasteiger partial charge in [-0.25, -0.2) is 4.98 Å². The zero-order valence-corrected chi connectivity index (χ0v) is 17.0. The van der Waals surface area contributed by atoms with E-state index in [0.717, 1.165) is 29.5 Å². The third kappa shape index (κ3) is 3.99. The van der Waals surface area contributed by atoms with E-state index in [0.29, 0.717) is 28.1 Å². The Kier molecular flexibility index (Phi) is 5.69. The van der Waals surface area contributed by atoms with Crippen molar-refractivity contribution in [3.63, 3.8) is 0 Å². The Morgan fingerprint density at radius 3 is 2.83 bits per heavy atom. The number of carbonyl (C=O) groups is 2. The molecule has 0 atom stereocenters. The van der Waals surface area contributed by atoms with Crippen molar-refractivity contribution in [2.24, 2.45) is 24.9 Å². The summed E-state index contributed by atoms with van der Waals surface area (Å²) in [4.78, 5) is 28.3. The molecule has 3 aromatic heterocycles. The number of thiazole rings is 1. The molecule has 3 N–H and O–H groups in total. The van der Waals surface area contributed by atoms with Crippen molar-refractivity contribution in [1.29, 1.82) is 5.41 Å². The van der Waals surface area contributed by atoms with E-state index in [1.54, 1.807) is 34.6 Å².